The Hall–Kier alpha value is -3.52. The van der Waals surface area contributed by atoms with Gasteiger partial charge in [-0.2, -0.15) is 0 Å². The monoisotopic (exact) mass is 517 g/mol. The Morgan fingerprint density at radius 1 is 0.684 bits per heavy atom. The number of nitrogens with zero attached hydrogens (tertiary/aromatic N) is 1. The number of rotatable bonds is 11. The Labute approximate surface area is 224 Å². The summed E-state index contributed by atoms with van der Waals surface area (Å²) in [7, 11) is 0. The van der Waals surface area contributed by atoms with Gasteiger partial charge in [-0.05, 0) is 16.7 Å². The molecule has 0 aromatic heterocycles. The van der Waals surface area contributed by atoms with Crippen LogP contribution in [0.1, 0.15) is 30.5 Å². The van der Waals surface area contributed by atoms with Crippen molar-refractivity contribution in [2.75, 3.05) is 13.2 Å². The van der Waals surface area contributed by atoms with Crippen LogP contribution in [0, 0.1) is 0 Å². The summed E-state index contributed by atoms with van der Waals surface area (Å²) in [5.41, 5.74) is 3.02. The molecule has 7 heteroatoms. The number of likely N-dealkylation sites (tertiary alicyclic amines) is 1. The van der Waals surface area contributed by atoms with Crippen LogP contribution in [0.15, 0.2) is 91.0 Å². The minimum absolute atomic E-state index is 0.00493. The predicted octanol–water partition coefficient (Wildman–Crippen LogP) is 4.54. The van der Waals surface area contributed by atoms with Crippen molar-refractivity contribution in [2.24, 2.45) is 0 Å². The molecule has 0 radical (unpaired) electrons. The van der Waals surface area contributed by atoms with Crippen LogP contribution in [0.5, 0.6) is 0 Å². The largest absolute Gasteiger partial charge is 0.464 e. The van der Waals surface area contributed by atoms with Gasteiger partial charge in [-0.15, -0.1) is 0 Å². The third-order valence-electron chi connectivity index (χ3n) is 6.59. The van der Waals surface area contributed by atoms with Crippen LogP contribution in [0.3, 0.4) is 0 Å². The number of hydrogen-bond acceptors (Lipinski definition) is 6. The molecule has 38 heavy (non-hydrogen) atoms. The number of carbonyl (C=O) groups is 2. The van der Waals surface area contributed by atoms with Gasteiger partial charge in [0.15, 0.2) is 0 Å². The van der Waals surface area contributed by atoms with E-state index in [2.05, 4.69) is 0 Å². The maximum atomic E-state index is 12.8. The molecule has 4 rings (SSSR count). The van der Waals surface area contributed by atoms with E-state index in [0.717, 1.165) is 16.7 Å². The molecule has 0 aliphatic carbocycles. The molecule has 1 aliphatic rings. The maximum Gasteiger partial charge on any atom is 0.302 e. The summed E-state index contributed by atoms with van der Waals surface area (Å²) in [6, 6.07) is 29.1. The molecule has 3 aromatic rings. The smallest absolute Gasteiger partial charge is 0.302 e. The van der Waals surface area contributed by atoms with Crippen molar-refractivity contribution >= 4 is 11.9 Å². The second-order valence-corrected chi connectivity index (χ2v) is 9.40. The molecule has 1 aliphatic heterocycles. The number of amides is 1. The number of carbonyl (C=O) groups excluding carboxylic acids is 2. The number of benzene rings is 3. The van der Waals surface area contributed by atoms with Gasteiger partial charge >= 0.3 is 5.97 Å². The van der Waals surface area contributed by atoms with Gasteiger partial charge in [0, 0.05) is 13.8 Å². The molecule has 0 unspecified atom stereocenters. The van der Waals surface area contributed by atoms with E-state index < -0.39 is 30.3 Å². The first-order chi connectivity index (χ1) is 18.5. The zero-order valence-corrected chi connectivity index (χ0v) is 21.9. The van der Waals surface area contributed by atoms with Crippen molar-refractivity contribution in [3.05, 3.63) is 108 Å². The van der Waals surface area contributed by atoms with Crippen LogP contribution in [0.2, 0.25) is 0 Å². The second-order valence-electron chi connectivity index (χ2n) is 9.40. The van der Waals surface area contributed by atoms with Crippen LogP contribution >= 0.6 is 0 Å². The van der Waals surface area contributed by atoms with Crippen molar-refractivity contribution in [1.82, 2.24) is 4.90 Å². The van der Waals surface area contributed by atoms with Crippen LogP contribution in [-0.4, -0.2) is 54.3 Å². The lowest BCUT2D eigenvalue weighted by molar-refractivity contribution is -0.211. The fraction of sp³-hybridized carbons (Fsp3) is 0.355. The molecule has 0 saturated carbocycles. The Kier molecular flexibility index (Phi) is 10.0. The molecule has 4 atom stereocenters. The minimum Gasteiger partial charge on any atom is -0.464 e. The molecule has 0 spiro atoms. The molecular formula is C31H35NO6. The van der Waals surface area contributed by atoms with Crippen LogP contribution in [0.25, 0.3) is 0 Å². The summed E-state index contributed by atoms with van der Waals surface area (Å²) in [4.78, 5) is 26.2. The van der Waals surface area contributed by atoms with Crippen LogP contribution in [0.4, 0.5) is 0 Å². The summed E-state index contributed by atoms with van der Waals surface area (Å²) < 4.78 is 24.8. The van der Waals surface area contributed by atoms with E-state index in [1.807, 2.05) is 91.0 Å². The van der Waals surface area contributed by atoms with E-state index in [4.69, 9.17) is 18.9 Å². The second kappa shape index (κ2) is 13.9. The minimum atomic E-state index is -0.600. The molecule has 0 bridgehead atoms. The SMILES string of the molecule is CC(=O)OC[C@@H]1[C@@H](OCc2ccccc2)[C@H](OCc2ccccc2)[C@H](OCc2ccccc2)CN1C(C)=O. The van der Waals surface area contributed by atoms with Crippen molar-refractivity contribution in [2.45, 2.75) is 58.0 Å². The quantitative estimate of drug-likeness (QED) is 0.348. The lowest BCUT2D eigenvalue weighted by Crippen LogP contribution is -2.65. The topological polar surface area (TPSA) is 74.3 Å². The van der Waals surface area contributed by atoms with E-state index in [-0.39, 0.29) is 12.5 Å². The van der Waals surface area contributed by atoms with Crippen molar-refractivity contribution < 1.29 is 28.5 Å². The number of piperidine rings is 1. The standard InChI is InChI=1S/C31H35NO6/c1-23(33)32-18-29(36-19-25-12-6-3-7-13-25)31(38-21-27-16-10-5-11-17-27)30(28(32)22-35-24(2)34)37-20-26-14-8-4-9-15-26/h3-17,28-31H,18-22H2,1-2H3/t28-,29-,30-,31-/m1/s1. The van der Waals surface area contributed by atoms with Crippen LogP contribution < -0.4 is 0 Å². The van der Waals surface area contributed by atoms with Crippen molar-refractivity contribution in [1.29, 1.82) is 0 Å². The number of ether oxygens (including phenoxy) is 4. The zero-order chi connectivity index (χ0) is 26.7. The van der Waals surface area contributed by atoms with Crippen LogP contribution in [-0.2, 0) is 48.4 Å². The molecule has 1 fully saturated rings. The fourth-order valence-electron chi connectivity index (χ4n) is 4.66. The number of esters is 1. The molecule has 3 aromatic carbocycles. The molecule has 200 valence electrons. The molecule has 1 saturated heterocycles. The molecule has 1 heterocycles. The van der Waals surface area contributed by atoms with Gasteiger partial charge in [-0.25, -0.2) is 0 Å². The Morgan fingerprint density at radius 3 is 1.58 bits per heavy atom. The third-order valence-corrected chi connectivity index (χ3v) is 6.59. The van der Waals surface area contributed by atoms with E-state index >= 15 is 0 Å². The highest BCUT2D eigenvalue weighted by atomic mass is 16.6. The van der Waals surface area contributed by atoms with Gasteiger partial charge in [0.25, 0.3) is 0 Å². The van der Waals surface area contributed by atoms with E-state index in [1.54, 1.807) is 4.90 Å². The van der Waals surface area contributed by atoms with Gasteiger partial charge in [0.2, 0.25) is 5.91 Å². The average Bonchev–Trinajstić information content (AvgIpc) is 2.94. The first-order valence-electron chi connectivity index (χ1n) is 12.9. The van der Waals surface area contributed by atoms with Gasteiger partial charge in [0.1, 0.15) is 24.9 Å². The Morgan fingerprint density at radius 2 is 1.13 bits per heavy atom. The Balaban J connectivity index is 1.63. The van der Waals surface area contributed by atoms with E-state index in [1.165, 1.54) is 13.8 Å². The maximum absolute atomic E-state index is 12.8. The first-order valence-corrected chi connectivity index (χ1v) is 12.9. The lowest BCUT2D eigenvalue weighted by atomic mass is 9.93. The van der Waals surface area contributed by atoms with Gasteiger partial charge in [-0.1, -0.05) is 91.0 Å². The highest BCUT2D eigenvalue weighted by molar-refractivity contribution is 5.74. The fourth-order valence-corrected chi connectivity index (χ4v) is 4.66. The van der Waals surface area contributed by atoms with E-state index in [0.29, 0.717) is 26.4 Å². The lowest BCUT2D eigenvalue weighted by Gasteiger charge is -2.48. The summed E-state index contributed by atoms with van der Waals surface area (Å²) >= 11 is 0. The predicted molar refractivity (Wildman–Crippen MR) is 143 cm³/mol. The summed E-state index contributed by atoms with van der Waals surface area (Å²) in [6.45, 7) is 4.18. The van der Waals surface area contributed by atoms with Crippen molar-refractivity contribution in [3.8, 4) is 0 Å². The summed E-state index contributed by atoms with van der Waals surface area (Å²) in [6.07, 6.45) is -1.58. The molecule has 0 N–H and O–H groups in total. The Bertz CT molecular complexity index is 1140. The zero-order valence-electron chi connectivity index (χ0n) is 21.9. The number of hydrogen-bond donors (Lipinski definition) is 0. The third kappa shape index (κ3) is 7.74. The van der Waals surface area contributed by atoms with E-state index in [9.17, 15) is 9.59 Å². The van der Waals surface area contributed by atoms with Gasteiger partial charge in [-0.3, -0.25) is 9.59 Å². The highest BCUT2D eigenvalue weighted by Crippen LogP contribution is 2.29. The van der Waals surface area contributed by atoms with Gasteiger partial charge in [0.05, 0.1) is 32.4 Å². The summed E-state index contributed by atoms with van der Waals surface area (Å²) in [5.74, 6) is -0.565. The highest BCUT2D eigenvalue weighted by Gasteiger charge is 2.47. The molecule has 7 nitrogen and oxygen atoms in total. The molecular weight excluding hydrogens is 482 g/mol. The first kappa shape index (κ1) is 27.5. The van der Waals surface area contributed by atoms with Crippen molar-refractivity contribution in [3.63, 3.8) is 0 Å². The average molecular weight is 518 g/mol. The van der Waals surface area contributed by atoms with Gasteiger partial charge < -0.3 is 23.8 Å². The normalized spacial score (nSPS) is 21.2. The summed E-state index contributed by atoms with van der Waals surface area (Å²) in [5, 5.41) is 0. The molecule has 1 amide bonds.